The van der Waals surface area contributed by atoms with Crippen molar-refractivity contribution in [3.8, 4) is 0 Å². The maximum Gasteiger partial charge on any atom is 0.295 e. The first kappa shape index (κ1) is 12.0. The summed E-state index contributed by atoms with van der Waals surface area (Å²) in [5.74, 6) is -0.193. The van der Waals surface area contributed by atoms with Crippen LogP contribution in [0.4, 0.5) is 0 Å². The predicted molar refractivity (Wildman–Crippen MR) is 63.8 cm³/mol. The first-order chi connectivity index (χ1) is 8.00. The fraction of sp³-hybridized carbons (Fsp3) is 0.250. The van der Waals surface area contributed by atoms with Gasteiger partial charge in [-0.1, -0.05) is 30.3 Å². The van der Waals surface area contributed by atoms with Gasteiger partial charge in [-0.25, -0.2) is 0 Å². The summed E-state index contributed by atoms with van der Waals surface area (Å²) in [6.45, 7) is 0. The molecule has 0 atom stereocenters. The minimum atomic E-state index is -4.38. The summed E-state index contributed by atoms with van der Waals surface area (Å²) < 4.78 is 32.1. The van der Waals surface area contributed by atoms with Gasteiger partial charge in [0.25, 0.3) is 10.1 Å². The number of hydrogen-bond acceptors (Lipinski definition) is 3. The first-order valence-corrected chi connectivity index (χ1v) is 6.73. The van der Waals surface area contributed by atoms with Gasteiger partial charge in [-0.3, -0.25) is 9.35 Å². The molecule has 2 rings (SSSR count). The Bertz CT molecular complexity index is 570. The molecule has 1 aromatic carbocycles. The van der Waals surface area contributed by atoms with Crippen LogP contribution in [0.1, 0.15) is 24.8 Å². The van der Waals surface area contributed by atoms with Gasteiger partial charge < -0.3 is 0 Å². The Kier molecular flexibility index (Phi) is 3.13. The highest BCUT2D eigenvalue weighted by Crippen LogP contribution is 2.32. The summed E-state index contributed by atoms with van der Waals surface area (Å²) in [4.78, 5) is 11.4. The number of benzene rings is 1. The number of Topliss-reactive ketones (excluding diaryl/α,β-unsaturated/α-hetero) is 1. The minimum absolute atomic E-state index is 0.193. The van der Waals surface area contributed by atoms with Crippen LogP contribution in [0.5, 0.6) is 0 Å². The van der Waals surface area contributed by atoms with Gasteiger partial charge in [-0.2, -0.15) is 8.42 Å². The second kappa shape index (κ2) is 4.43. The fourth-order valence-electron chi connectivity index (χ4n) is 2.02. The molecule has 0 bridgehead atoms. The van der Waals surface area contributed by atoms with Crippen LogP contribution < -0.4 is 0 Å². The van der Waals surface area contributed by atoms with E-state index < -0.39 is 10.1 Å². The van der Waals surface area contributed by atoms with E-state index in [9.17, 15) is 17.8 Å². The van der Waals surface area contributed by atoms with E-state index in [1.165, 1.54) is 0 Å². The van der Waals surface area contributed by atoms with Crippen LogP contribution >= 0.6 is 0 Å². The lowest BCUT2D eigenvalue weighted by Gasteiger charge is -2.07. The van der Waals surface area contributed by atoms with E-state index in [0.717, 1.165) is 0 Å². The first-order valence-electron chi connectivity index (χ1n) is 5.29. The monoisotopic (exact) mass is 252 g/mol. The quantitative estimate of drug-likeness (QED) is 0.645. The summed E-state index contributed by atoms with van der Waals surface area (Å²) in [7, 11) is -4.38. The predicted octanol–water partition coefficient (Wildman–Crippen LogP) is 2.04. The molecule has 0 aliphatic heterocycles. The maximum absolute atomic E-state index is 11.6. The van der Waals surface area contributed by atoms with E-state index in [0.29, 0.717) is 24.8 Å². The van der Waals surface area contributed by atoms with E-state index in [-0.39, 0.29) is 16.3 Å². The van der Waals surface area contributed by atoms with Crippen molar-refractivity contribution in [2.75, 3.05) is 0 Å². The average Bonchev–Trinajstić information content (AvgIpc) is 2.65. The zero-order chi connectivity index (χ0) is 12.5. The lowest BCUT2D eigenvalue weighted by molar-refractivity contribution is -0.114. The van der Waals surface area contributed by atoms with Crippen molar-refractivity contribution in [3.05, 3.63) is 41.5 Å². The summed E-state index contributed by atoms with van der Waals surface area (Å²) >= 11 is 0. The van der Waals surface area contributed by atoms with Crippen molar-refractivity contribution >= 4 is 20.8 Å². The van der Waals surface area contributed by atoms with Gasteiger partial charge in [0.05, 0.1) is 0 Å². The Morgan fingerprint density at radius 2 is 1.76 bits per heavy atom. The molecule has 0 amide bonds. The second-order valence-corrected chi connectivity index (χ2v) is 5.28. The largest absolute Gasteiger partial charge is 0.295 e. The van der Waals surface area contributed by atoms with E-state index in [1.54, 1.807) is 30.3 Å². The number of ketones is 1. The fourth-order valence-corrected chi connectivity index (χ4v) is 2.99. The molecule has 0 aromatic heterocycles. The number of carbonyl (C=O) groups is 1. The molecule has 0 spiro atoms. The summed E-state index contributed by atoms with van der Waals surface area (Å²) in [6.07, 6.45) is 1.39. The molecule has 4 nitrogen and oxygen atoms in total. The molecular formula is C12H12O4S. The smallest absolute Gasteiger partial charge is 0.295 e. The number of allylic oxidation sites excluding steroid dienone is 1. The molecule has 0 heterocycles. The molecule has 0 radical (unpaired) electrons. The van der Waals surface area contributed by atoms with Crippen molar-refractivity contribution in [1.82, 2.24) is 0 Å². The number of rotatable bonds is 2. The highest BCUT2D eigenvalue weighted by atomic mass is 32.2. The summed E-state index contributed by atoms with van der Waals surface area (Å²) in [6, 6.07) is 8.22. The summed E-state index contributed by atoms with van der Waals surface area (Å²) in [5.41, 5.74) is 0.582. The Morgan fingerprint density at radius 1 is 1.12 bits per heavy atom. The Labute approximate surface area is 99.7 Å². The third-order valence-electron chi connectivity index (χ3n) is 2.74. The molecular weight excluding hydrogens is 240 g/mol. The molecule has 90 valence electrons. The molecule has 17 heavy (non-hydrogen) atoms. The molecule has 1 saturated carbocycles. The van der Waals surface area contributed by atoms with Crippen molar-refractivity contribution in [1.29, 1.82) is 0 Å². The number of hydrogen-bond donors (Lipinski definition) is 1. The molecule has 0 saturated heterocycles. The van der Waals surface area contributed by atoms with E-state index >= 15 is 0 Å². The van der Waals surface area contributed by atoms with Gasteiger partial charge in [-0.15, -0.1) is 0 Å². The molecule has 1 fully saturated rings. The molecule has 5 heteroatoms. The van der Waals surface area contributed by atoms with E-state index in [4.69, 9.17) is 0 Å². The van der Waals surface area contributed by atoms with Crippen LogP contribution in [-0.2, 0) is 14.9 Å². The van der Waals surface area contributed by atoms with Crippen LogP contribution in [0.3, 0.4) is 0 Å². The van der Waals surface area contributed by atoms with Crippen molar-refractivity contribution < 1.29 is 17.8 Å². The van der Waals surface area contributed by atoms with Crippen LogP contribution in [0.2, 0.25) is 0 Å². The van der Waals surface area contributed by atoms with Crippen LogP contribution in [-0.4, -0.2) is 18.8 Å². The van der Waals surface area contributed by atoms with Gasteiger partial charge in [-0.05, 0) is 18.4 Å². The highest BCUT2D eigenvalue weighted by Gasteiger charge is 2.28. The zero-order valence-corrected chi connectivity index (χ0v) is 9.90. The van der Waals surface area contributed by atoms with Crippen LogP contribution in [0.15, 0.2) is 35.9 Å². The lowest BCUT2D eigenvalue weighted by atomic mass is 10.1. The normalized spacial score (nSPS) is 19.5. The molecule has 0 unspecified atom stereocenters. The van der Waals surface area contributed by atoms with Crippen LogP contribution in [0.25, 0.3) is 4.91 Å². The molecule has 1 aliphatic rings. The van der Waals surface area contributed by atoms with Gasteiger partial charge >= 0.3 is 0 Å². The van der Waals surface area contributed by atoms with Gasteiger partial charge in [0.2, 0.25) is 0 Å². The van der Waals surface area contributed by atoms with E-state index in [1.807, 2.05) is 0 Å². The zero-order valence-electron chi connectivity index (χ0n) is 9.09. The van der Waals surface area contributed by atoms with Crippen molar-refractivity contribution in [2.24, 2.45) is 0 Å². The van der Waals surface area contributed by atoms with Gasteiger partial charge in [0.15, 0.2) is 5.78 Å². The van der Waals surface area contributed by atoms with Gasteiger partial charge in [0.1, 0.15) is 4.91 Å². The molecule has 1 N–H and O–H groups in total. The molecule has 1 aromatic rings. The van der Waals surface area contributed by atoms with Crippen molar-refractivity contribution in [3.63, 3.8) is 0 Å². The topological polar surface area (TPSA) is 71.4 Å². The standard InChI is InChI=1S/C12H12O4S/c13-11-8-4-7-10(11)12(17(14,15)16)9-5-2-1-3-6-9/h1-3,5-6H,4,7-8H2,(H,14,15,16). The number of carbonyl (C=O) groups excluding carboxylic acids is 1. The van der Waals surface area contributed by atoms with Crippen molar-refractivity contribution in [2.45, 2.75) is 19.3 Å². The Hall–Kier alpha value is -1.46. The Balaban J connectivity index is 2.67. The summed E-state index contributed by atoms with van der Waals surface area (Å²) in [5, 5.41) is 0. The van der Waals surface area contributed by atoms with Gasteiger partial charge in [0, 0.05) is 12.0 Å². The molecule has 1 aliphatic carbocycles. The second-order valence-electron chi connectivity index (χ2n) is 3.93. The van der Waals surface area contributed by atoms with Crippen LogP contribution in [0, 0.1) is 0 Å². The minimum Gasteiger partial charge on any atom is -0.295 e. The Morgan fingerprint density at radius 3 is 2.24 bits per heavy atom. The maximum atomic E-state index is 11.6. The lowest BCUT2D eigenvalue weighted by Crippen LogP contribution is -2.07. The average molecular weight is 252 g/mol. The highest BCUT2D eigenvalue weighted by molar-refractivity contribution is 7.95. The third kappa shape index (κ3) is 2.45. The van der Waals surface area contributed by atoms with E-state index in [2.05, 4.69) is 0 Å². The SMILES string of the molecule is O=C1CCCC1=C(c1ccccc1)S(=O)(=O)O. The third-order valence-corrected chi connectivity index (χ3v) is 3.73.